The Morgan fingerprint density at radius 1 is 1.35 bits per heavy atom. The fourth-order valence-electron chi connectivity index (χ4n) is 2.09. The molecule has 0 saturated carbocycles. The number of hydrogen-bond acceptors (Lipinski definition) is 4. The molecule has 0 saturated heterocycles. The van der Waals surface area contributed by atoms with Gasteiger partial charge in [0.2, 0.25) is 0 Å². The van der Waals surface area contributed by atoms with Crippen molar-refractivity contribution in [3.8, 4) is 0 Å². The van der Waals surface area contributed by atoms with E-state index in [1.165, 1.54) is 21.1 Å². The van der Waals surface area contributed by atoms with Crippen molar-refractivity contribution >= 4 is 22.7 Å². The van der Waals surface area contributed by atoms with E-state index in [0.717, 1.165) is 13.0 Å². The normalized spacial score (nSPS) is 13.7. The maximum atomic E-state index is 4.74. The fraction of sp³-hybridized carbons (Fsp3) is 0.562. The Morgan fingerprint density at radius 3 is 2.65 bits per heavy atom. The maximum Gasteiger partial charge on any atom is 0.0985 e. The van der Waals surface area contributed by atoms with Gasteiger partial charge in [-0.15, -0.1) is 11.3 Å². The molecule has 0 aliphatic rings. The molecule has 4 heteroatoms. The molecular weight excluding hydrogens is 284 g/mol. The van der Waals surface area contributed by atoms with E-state index in [0.29, 0.717) is 6.04 Å². The van der Waals surface area contributed by atoms with Crippen molar-refractivity contribution in [1.29, 1.82) is 0 Å². The van der Waals surface area contributed by atoms with E-state index in [-0.39, 0.29) is 5.41 Å². The van der Waals surface area contributed by atoms with Gasteiger partial charge < -0.3 is 5.32 Å². The molecule has 1 N–H and O–H groups in total. The first-order valence-corrected chi connectivity index (χ1v) is 8.86. The van der Waals surface area contributed by atoms with Crippen LogP contribution in [0.2, 0.25) is 0 Å². The highest BCUT2D eigenvalue weighted by Crippen LogP contribution is 2.32. The molecule has 110 valence electrons. The molecule has 0 bridgehead atoms. The van der Waals surface area contributed by atoms with Crippen LogP contribution >= 0.6 is 22.7 Å². The minimum absolute atomic E-state index is 0.143. The Kier molecular flexibility index (Phi) is 4.99. The van der Waals surface area contributed by atoms with Crippen molar-refractivity contribution in [1.82, 2.24) is 10.3 Å². The summed E-state index contributed by atoms with van der Waals surface area (Å²) in [5, 5.41) is 9.22. The number of rotatable bonds is 5. The Bertz CT molecular complexity index is 535. The third-order valence-electron chi connectivity index (χ3n) is 3.31. The summed E-state index contributed by atoms with van der Waals surface area (Å²) >= 11 is 3.62. The molecule has 0 aromatic carbocycles. The van der Waals surface area contributed by atoms with Gasteiger partial charge in [0.05, 0.1) is 10.7 Å². The molecule has 2 rings (SSSR count). The minimum atomic E-state index is 0.143. The van der Waals surface area contributed by atoms with Crippen molar-refractivity contribution < 1.29 is 0 Å². The lowest BCUT2D eigenvalue weighted by molar-refractivity contribution is 0.579. The summed E-state index contributed by atoms with van der Waals surface area (Å²) < 4.78 is 0. The van der Waals surface area contributed by atoms with Crippen LogP contribution in [0, 0.1) is 6.92 Å². The SMILES string of the molecule is Cc1nc(C(C)(C)C)sc1C(C)NCCc1ccsc1. The lowest BCUT2D eigenvalue weighted by atomic mass is 9.98. The first kappa shape index (κ1) is 15.7. The van der Waals surface area contributed by atoms with Gasteiger partial charge in [0, 0.05) is 16.3 Å². The third kappa shape index (κ3) is 3.90. The molecular formula is C16H24N2S2. The van der Waals surface area contributed by atoms with Gasteiger partial charge in [0.25, 0.3) is 0 Å². The van der Waals surface area contributed by atoms with E-state index in [9.17, 15) is 0 Å². The van der Waals surface area contributed by atoms with Crippen molar-refractivity contribution in [2.24, 2.45) is 0 Å². The molecule has 0 aliphatic carbocycles. The second-order valence-corrected chi connectivity index (χ2v) is 8.09. The van der Waals surface area contributed by atoms with Gasteiger partial charge in [-0.1, -0.05) is 20.8 Å². The predicted octanol–water partition coefficient (Wildman–Crippen LogP) is 4.70. The van der Waals surface area contributed by atoms with E-state index in [2.05, 4.69) is 56.8 Å². The van der Waals surface area contributed by atoms with E-state index in [4.69, 9.17) is 4.98 Å². The molecule has 0 spiro atoms. The highest BCUT2D eigenvalue weighted by Gasteiger charge is 2.22. The van der Waals surface area contributed by atoms with Gasteiger partial charge in [-0.25, -0.2) is 4.98 Å². The number of thiazole rings is 1. The monoisotopic (exact) mass is 308 g/mol. The number of nitrogens with zero attached hydrogens (tertiary/aromatic N) is 1. The van der Waals surface area contributed by atoms with Crippen LogP contribution in [0.5, 0.6) is 0 Å². The topological polar surface area (TPSA) is 24.9 Å². The van der Waals surface area contributed by atoms with Gasteiger partial charge in [-0.3, -0.25) is 0 Å². The van der Waals surface area contributed by atoms with Crippen molar-refractivity contribution in [3.63, 3.8) is 0 Å². The summed E-state index contributed by atoms with van der Waals surface area (Å²) in [5.41, 5.74) is 2.74. The average molecular weight is 309 g/mol. The molecule has 0 radical (unpaired) electrons. The zero-order chi connectivity index (χ0) is 14.8. The second kappa shape index (κ2) is 6.37. The van der Waals surface area contributed by atoms with Gasteiger partial charge in [0.1, 0.15) is 0 Å². The highest BCUT2D eigenvalue weighted by atomic mass is 32.1. The Morgan fingerprint density at radius 2 is 2.10 bits per heavy atom. The first-order chi connectivity index (χ1) is 9.38. The van der Waals surface area contributed by atoms with Gasteiger partial charge in [-0.2, -0.15) is 11.3 Å². The van der Waals surface area contributed by atoms with E-state index in [1.807, 2.05) is 11.3 Å². The zero-order valence-corrected chi connectivity index (χ0v) is 14.6. The summed E-state index contributed by atoms with van der Waals surface area (Å²) in [7, 11) is 0. The van der Waals surface area contributed by atoms with Crippen LogP contribution in [0.1, 0.15) is 54.9 Å². The molecule has 0 fully saturated rings. The third-order valence-corrected chi connectivity index (χ3v) is 5.81. The zero-order valence-electron chi connectivity index (χ0n) is 13.0. The molecule has 2 heterocycles. The van der Waals surface area contributed by atoms with Crippen LogP contribution in [0.15, 0.2) is 16.8 Å². The summed E-state index contributed by atoms with van der Waals surface area (Å²) in [6, 6.07) is 2.58. The molecule has 2 aromatic heterocycles. The van der Waals surface area contributed by atoms with E-state index in [1.54, 1.807) is 11.3 Å². The lowest BCUT2D eigenvalue weighted by Gasteiger charge is -2.14. The summed E-state index contributed by atoms with van der Waals surface area (Å²) in [5.74, 6) is 0. The standard InChI is InChI=1S/C16H24N2S2/c1-11(17-8-6-13-7-9-19-10-13)14-12(2)18-15(20-14)16(3,4)5/h7,9-11,17H,6,8H2,1-5H3. The predicted molar refractivity (Wildman–Crippen MR) is 90.0 cm³/mol. The molecule has 0 aliphatic heterocycles. The van der Waals surface area contributed by atoms with Crippen molar-refractivity contribution in [2.45, 2.75) is 52.5 Å². The average Bonchev–Trinajstić information content (AvgIpc) is 2.97. The number of aryl methyl sites for hydroxylation is 1. The molecule has 1 atom stereocenters. The Labute approximate surface area is 130 Å². The molecule has 1 unspecified atom stereocenters. The lowest BCUT2D eigenvalue weighted by Crippen LogP contribution is -2.21. The summed E-state index contributed by atoms with van der Waals surface area (Å²) in [6.07, 6.45) is 1.10. The fourth-order valence-corrected chi connectivity index (χ4v) is 3.95. The van der Waals surface area contributed by atoms with Crippen molar-refractivity contribution in [2.75, 3.05) is 6.54 Å². The van der Waals surface area contributed by atoms with Gasteiger partial charge in [0.15, 0.2) is 0 Å². The second-order valence-electron chi connectivity index (χ2n) is 6.28. The number of thiophene rings is 1. The summed E-state index contributed by atoms with van der Waals surface area (Å²) in [6.45, 7) is 12.1. The summed E-state index contributed by atoms with van der Waals surface area (Å²) in [4.78, 5) is 6.12. The maximum absolute atomic E-state index is 4.74. The van der Waals surface area contributed by atoms with Crippen LogP contribution < -0.4 is 5.32 Å². The van der Waals surface area contributed by atoms with Crippen LogP contribution in [0.25, 0.3) is 0 Å². The van der Waals surface area contributed by atoms with E-state index >= 15 is 0 Å². The number of aromatic nitrogens is 1. The molecule has 2 nitrogen and oxygen atoms in total. The van der Waals surface area contributed by atoms with Gasteiger partial charge in [-0.05, 0) is 49.2 Å². The van der Waals surface area contributed by atoms with Crippen LogP contribution in [-0.2, 0) is 11.8 Å². The molecule has 2 aromatic rings. The largest absolute Gasteiger partial charge is 0.309 e. The Hall–Kier alpha value is -0.710. The molecule has 0 amide bonds. The molecule has 20 heavy (non-hydrogen) atoms. The number of hydrogen-bond donors (Lipinski definition) is 1. The minimum Gasteiger partial charge on any atom is -0.309 e. The Balaban J connectivity index is 1.95. The van der Waals surface area contributed by atoms with E-state index < -0.39 is 0 Å². The van der Waals surface area contributed by atoms with Crippen LogP contribution in [0.4, 0.5) is 0 Å². The van der Waals surface area contributed by atoms with Crippen molar-refractivity contribution in [3.05, 3.63) is 38.0 Å². The van der Waals surface area contributed by atoms with Crippen LogP contribution in [-0.4, -0.2) is 11.5 Å². The van der Waals surface area contributed by atoms with Gasteiger partial charge >= 0.3 is 0 Å². The number of nitrogens with one attached hydrogen (secondary N) is 1. The quantitative estimate of drug-likeness (QED) is 0.865. The first-order valence-electron chi connectivity index (χ1n) is 7.10. The highest BCUT2D eigenvalue weighted by molar-refractivity contribution is 7.12. The van der Waals surface area contributed by atoms with Crippen LogP contribution in [0.3, 0.4) is 0 Å². The smallest absolute Gasteiger partial charge is 0.0985 e.